The maximum Gasteiger partial charge on any atom is 0.161 e. The van der Waals surface area contributed by atoms with Gasteiger partial charge in [-0.2, -0.15) is 0 Å². The molecule has 0 radical (unpaired) electrons. The van der Waals surface area contributed by atoms with Crippen LogP contribution in [0.2, 0.25) is 5.15 Å². The van der Waals surface area contributed by atoms with Crippen molar-refractivity contribution in [3.63, 3.8) is 0 Å². The third-order valence-electron chi connectivity index (χ3n) is 3.50. The summed E-state index contributed by atoms with van der Waals surface area (Å²) in [4.78, 5) is 9.22. The summed E-state index contributed by atoms with van der Waals surface area (Å²) < 4.78 is 2.14. The summed E-state index contributed by atoms with van der Waals surface area (Å²) in [7, 11) is 0. The van der Waals surface area contributed by atoms with Crippen LogP contribution < -0.4 is 0 Å². The quantitative estimate of drug-likeness (QED) is 0.424. The molecule has 0 N–H and O–H groups in total. The molecule has 0 amide bonds. The van der Waals surface area contributed by atoms with Gasteiger partial charge in [0.15, 0.2) is 5.82 Å². The molecule has 5 heteroatoms. The van der Waals surface area contributed by atoms with Crippen LogP contribution in [-0.2, 0) is 0 Å². The van der Waals surface area contributed by atoms with Crippen LogP contribution in [0.25, 0.3) is 11.4 Å². The van der Waals surface area contributed by atoms with Gasteiger partial charge >= 0.3 is 0 Å². The van der Waals surface area contributed by atoms with Gasteiger partial charge in [-0.15, -0.1) is 0 Å². The summed E-state index contributed by atoms with van der Waals surface area (Å²) in [6.07, 6.45) is 2.42. The Morgan fingerprint density at radius 2 is 1.80 bits per heavy atom. The van der Waals surface area contributed by atoms with E-state index in [0.717, 1.165) is 25.1 Å². The predicted octanol–water partition coefficient (Wildman–Crippen LogP) is 5.66. The summed E-state index contributed by atoms with van der Waals surface area (Å²) in [5, 5.41) is 0.565. The second kappa shape index (κ2) is 5.54. The monoisotopic (exact) mass is 462 g/mol. The first-order chi connectivity index (χ1) is 9.47. The average molecular weight is 464 g/mol. The Bertz CT molecular complexity index is 676. The van der Waals surface area contributed by atoms with Crippen molar-refractivity contribution < 1.29 is 0 Å². The second-order valence-corrected chi connectivity index (χ2v) is 7.47. The second-order valence-electron chi connectivity index (χ2n) is 5.24. The Labute approximate surface area is 145 Å². The normalized spacial score (nSPS) is 14.7. The number of halogens is 3. The van der Waals surface area contributed by atoms with Crippen molar-refractivity contribution in [1.29, 1.82) is 0 Å². The first-order valence-corrected chi connectivity index (χ1v) is 8.72. The van der Waals surface area contributed by atoms with Crippen LogP contribution in [0.5, 0.6) is 0 Å². The Morgan fingerprint density at radius 1 is 1.20 bits per heavy atom. The van der Waals surface area contributed by atoms with Gasteiger partial charge in [-0.1, -0.05) is 27.5 Å². The molecular formula is C15H13BrClIN2. The van der Waals surface area contributed by atoms with Crippen molar-refractivity contribution in [3.8, 4) is 11.4 Å². The van der Waals surface area contributed by atoms with E-state index in [4.69, 9.17) is 16.6 Å². The molecule has 104 valence electrons. The number of aryl methyl sites for hydroxylation is 2. The molecule has 0 unspecified atom stereocenters. The fraction of sp³-hybridized carbons (Fsp3) is 0.333. The number of rotatable bonds is 2. The van der Waals surface area contributed by atoms with Gasteiger partial charge in [-0.3, -0.25) is 0 Å². The molecule has 20 heavy (non-hydrogen) atoms. The molecule has 0 saturated heterocycles. The van der Waals surface area contributed by atoms with E-state index < -0.39 is 0 Å². The Kier molecular flexibility index (Phi) is 4.08. The first kappa shape index (κ1) is 14.7. The van der Waals surface area contributed by atoms with E-state index in [1.807, 2.05) is 0 Å². The lowest BCUT2D eigenvalue weighted by atomic mass is 10.1. The highest BCUT2D eigenvalue weighted by molar-refractivity contribution is 14.1. The summed E-state index contributed by atoms with van der Waals surface area (Å²) in [6, 6.07) is 4.21. The summed E-state index contributed by atoms with van der Waals surface area (Å²) in [6.45, 7) is 4.16. The van der Waals surface area contributed by atoms with Crippen LogP contribution in [0, 0.1) is 17.4 Å². The number of nitrogens with zero attached hydrogens (tertiary/aromatic N) is 2. The van der Waals surface area contributed by atoms with Gasteiger partial charge in [-0.05, 0) is 72.5 Å². The molecule has 1 aliphatic carbocycles. The third-order valence-corrected chi connectivity index (χ3v) is 6.40. The maximum atomic E-state index is 6.28. The predicted molar refractivity (Wildman–Crippen MR) is 94.3 cm³/mol. The van der Waals surface area contributed by atoms with E-state index in [1.165, 1.54) is 24.0 Å². The highest BCUT2D eigenvalue weighted by Gasteiger charge is 2.29. The van der Waals surface area contributed by atoms with Gasteiger partial charge in [-0.25, -0.2) is 9.97 Å². The van der Waals surface area contributed by atoms with Crippen molar-refractivity contribution in [2.45, 2.75) is 32.6 Å². The molecule has 1 saturated carbocycles. The molecule has 0 bridgehead atoms. The molecule has 2 nitrogen and oxygen atoms in total. The molecule has 3 rings (SSSR count). The molecule has 0 atom stereocenters. The minimum atomic E-state index is 0.565. The molecule has 1 fully saturated rings. The van der Waals surface area contributed by atoms with E-state index in [1.54, 1.807) is 0 Å². The van der Waals surface area contributed by atoms with Crippen LogP contribution >= 0.6 is 50.1 Å². The smallest absolute Gasteiger partial charge is 0.161 e. The summed E-state index contributed by atoms with van der Waals surface area (Å²) in [5.41, 5.74) is 4.51. The van der Waals surface area contributed by atoms with Gasteiger partial charge in [0.1, 0.15) is 5.15 Å². The third kappa shape index (κ3) is 2.74. The fourth-order valence-electron chi connectivity index (χ4n) is 2.27. The molecule has 0 spiro atoms. The number of hydrogen-bond donors (Lipinski definition) is 0. The van der Waals surface area contributed by atoms with Crippen LogP contribution in [0.1, 0.15) is 35.6 Å². The minimum Gasteiger partial charge on any atom is -0.232 e. The molecule has 1 aromatic heterocycles. The zero-order valence-corrected chi connectivity index (χ0v) is 15.7. The topological polar surface area (TPSA) is 25.8 Å². The summed E-state index contributed by atoms with van der Waals surface area (Å²) in [5.74, 6) is 1.30. The van der Waals surface area contributed by atoms with E-state index in [2.05, 4.69) is 69.5 Å². The van der Waals surface area contributed by atoms with Gasteiger partial charge < -0.3 is 0 Å². The van der Waals surface area contributed by atoms with Crippen molar-refractivity contribution in [2.24, 2.45) is 0 Å². The Balaban J connectivity index is 2.15. The van der Waals surface area contributed by atoms with Gasteiger partial charge in [0, 0.05) is 16.0 Å². The van der Waals surface area contributed by atoms with Crippen LogP contribution in [0.4, 0.5) is 0 Å². The Morgan fingerprint density at radius 3 is 2.35 bits per heavy atom. The summed E-state index contributed by atoms with van der Waals surface area (Å²) >= 11 is 12.1. The molecule has 1 aromatic carbocycles. The van der Waals surface area contributed by atoms with Crippen molar-refractivity contribution in [1.82, 2.24) is 9.97 Å². The van der Waals surface area contributed by atoms with E-state index in [9.17, 15) is 0 Å². The first-order valence-electron chi connectivity index (χ1n) is 6.47. The molecule has 1 heterocycles. The highest BCUT2D eigenvalue weighted by Crippen LogP contribution is 2.43. The number of hydrogen-bond acceptors (Lipinski definition) is 2. The SMILES string of the molecule is Cc1cc(-c2nc(Cl)c(I)c(C3CC3)n2)cc(C)c1Br. The van der Waals surface area contributed by atoms with Gasteiger partial charge in [0.2, 0.25) is 0 Å². The number of aromatic nitrogens is 2. The standard InChI is InChI=1S/C15H13BrClIN2/c1-7-5-10(6-8(2)11(7)16)15-19-13(9-3-4-9)12(18)14(17)20-15/h5-6,9H,3-4H2,1-2H3. The molecule has 0 aliphatic heterocycles. The van der Waals surface area contributed by atoms with E-state index in [-0.39, 0.29) is 0 Å². The van der Waals surface area contributed by atoms with Crippen LogP contribution in [0.15, 0.2) is 16.6 Å². The average Bonchev–Trinajstić information content (AvgIpc) is 3.22. The van der Waals surface area contributed by atoms with E-state index in [0.29, 0.717) is 11.1 Å². The fourth-order valence-corrected chi connectivity index (χ4v) is 3.35. The highest BCUT2D eigenvalue weighted by atomic mass is 127. The molecular weight excluding hydrogens is 450 g/mol. The largest absolute Gasteiger partial charge is 0.232 e. The maximum absolute atomic E-state index is 6.28. The van der Waals surface area contributed by atoms with Gasteiger partial charge in [0.05, 0.1) is 9.26 Å². The van der Waals surface area contributed by atoms with E-state index >= 15 is 0 Å². The zero-order valence-electron chi connectivity index (χ0n) is 11.2. The lowest BCUT2D eigenvalue weighted by molar-refractivity contribution is 0.977. The number of benzene rings is 1. The molecule has 1 aliphatic rings. The zero-order chi connectivity index (χ0) is 14.4. The minimum absolute atomic E-state index is 0.565. The van der Waals surface area contributed by atoms with Crippen molar-refractivity contribution in [2.75, 3.05) is 0 Å². The molecule has 2 aromatic rings. The van der Waals surface area contributed by atoms with Gasteiger partial charge in [0.25, 0.3) is 0 Å². The van der Waals surface area contributed by atoms with Crippen LogP contribution in [-0.4, -0.2) is 9.97 Å². The lowest BCUT2D eigenvalue weighted by Crippen LogP contribution is -2.00. The Hall–Kier alpha value is -0.200. The van der Waals surface area contributed by atoms with Crippen molar-refractivity contribution in [3.05, 3.63) is 42.1 Å². The lowest BCUT2D eigenvalue weighted by Gasteiger charge is -2.10. The van der Waals surface area contributed by atoms with Crippen LogP contribution in [0.3, 0.4) is 0 Å². The van der Waals surface area contributed by atoms with Crippen molar-refractivity contribution >= 4 is 50.1 Å².